The first-order chi connectivity index (χ1) is 10.5. The maximum atomic E-state index is 11.8. The van der Waals surface area contributed by atoms with Crippen LogP contribution in [-0.2, 0) is 4.79 Å². The number of aryl methyl sites for hydroxylation is 1. The lowest BCUT2D eigenvalue weighted by Gasteiger charge is -2.03. The number of rotatable bonds is 4. The van der Waals surface area contributed by atoms with Crippen LogP contribution in [0.15, 0.2) is 24.5 Å². The average Bonchev–Trinajstić information content (AvgIpc) is 3.01. The van der Waals surface area contributed by atoms with Gasteiger partial charge in [-0.05, 0) is 26.0 Å². The summed E-state index contributed by atoms with van der Waals surface area (Å²) < 4.78 is 0. The van der Waals surface area contributed by atoms with Crippen molar-refractivity contribution < 1.29 is 4.79 Å². The summed E-state index contributed by atoms with van der Waals surface area (Å²) in [6.45, 7) is 3.79. The zero-order valence-corrected chi connectivity index (χ0v) is 13.2. The van der Waals surface area contributed by atoms with Crippen LogP contribution in [-0.4, -0.2) is 26.9 Å². The SMILES string of the molecule is Cc1sc(NC(=O)CC(C)N)nc1-c1c[nH]c2ncccc12. The molecule has 7 heteroatoms. The third-order valence-corrected chi connectivity index (χ3v) is 4.14. The summed E-state index contributed by atoms with van der Waals surface area (Å²) in [5, 5.41) is 4.42. The highest BCUT2D eigenvalue weighted by Crippen LogP contribution is 2.34. The van der Waals surface area contributed by atoms with Crippen LogP contribution in [0.1, 0.15) is 18.2 Å². The lowest BCUT2D eigenvalue weighted by Crippen LogP contribution is -2.23. The normalized spacial score (nSPS) is 12.5. The first-order valence-corrected chi connectivity index (χ1v) is 7.81. The van der Waals surface area contributed by atoms with Gasteiger partial charge in [0.25, 0.3) is 0 Å². The topological polar surface area (TPSA) is 96.7 Å². The number of fused-ring (bicyclic) bond motifs is 1. The Morgan fingerprint density at radius 3 is 3.14 bits per heavy atom. The highest BCUT2D eigenvalue weighted by atomic mass is 32.1. The second-order valence-electron chi connectivity index (χ2n) is 5.26. The number of hydrogen-bond acceptors (Lipinski definition) is 5. The number of carbonyl (C=O) groups excluding carboxylic acids is 1. The van der Waals surface area contributed by atoms with Gasteiger partial charge in [0.2, 0.25) is 5.91 Å². The Morgan fingerprint density at radius 2 is 2.36 bits per heavy atom. The van der Waals surface area contributed by atoms with Gasteiger partial charge in [0.1, 0.15) is 5.65 Å². The number of nitrogens with one attached hydrogen (secondary N) is 2. The molecule has 0 radical (unpaired) electrons. The molecule has 22 heavy (non-hydrogen) atoms. The van der Waals surface area contributed by atoms with Crippen LogP contribution >= 0.6 is 11.3 Å². The van der Waals surface area contributed by atoms with Gasteiger partial charge in [0, 0.05) is 40.7 Å². The van der Waals surface area contributed by atoms with Gasteiger partial charge in [-0.1, -0.05) is 0 Å². The van der Waals surface area contributed by atoms with Crippen molar-refractivity contribution in [2.45, 2.75) is 26.3 Å². The van der Waals surface area contributed by atoms with Crippen molar-refractivity contribution in [1.29, 1.82) is 0 Å². The number of nitrogens with zero attached hydrogens (tertiary/aromatic N) is 2. The molecule has 0 fully saturated rings. The Bertz CT molecular complexity index is 820. The molecule has 1 unspecified atom stereocenters. The minimum atomic E-state index is -0.166. The zero-order chi connectivity index (χ0) is 15.7. The van der Waals surface area contributed by atoms with Crippen LogP contribution in [0.2, 0.25) is 0 Å². The molecule has 3 aromatic heterocycles. The molecule has 3 rings (SSSR count). The lowest BCUT2D eigenvalue weighted by atomic mass is 10.1. The first-order valence-electron chi connectivity index (χ1n) is 7.00. The summed E-state index contributed by atoms with van der Waals surface area (Å²) in [6.07, 6.45) is 3.93. The van der Waals surface area contributed by atoms with Gasteiger partial charge in [-0.3, -0.25) is 4.79 Å². The molecule has 0 saturated carbocycles. The van der Waals surface area contributed by atoms with E-state index in [-0.39, 0.29) is 18.4 Å². The number of nitrogens with two attached hydrogens (primary N) is 1. The van der Waals surface area contributed by atoms with Crippen molar-refractivity contribution in [2.24, 2.45) is 5.73 Å². The molecule has 0 aromatic carbocycles. The standard InChI is InChI=1S/C15H17N5OS/c1-8(16)6-12(21)19-15-20-13(9(2)22-15)11-7-18-14-10(11)4-3-5-17-14/h3-5,7-8H,6,16H2,1-2H3,(H,17,18)(H,19,20,21). The quantitative estimate of drug-likeness (QED) is 0.689. The number of H-pyrrole nitrogens is 1. The molecule has 0 aliphatic rings. The number of thiazole rings is 1. The van der Waals surface area contributed by atoms with Crippen molar-refractivity contribution in [3.8, 4) is 11.3 Å². The molecule has 3 heterocycles. The maximum Gasteiger partial charge on any atom is 0.227 e. The van der Waals surface area contributed by atoms with E-state index in [1.54, 1.807) is 13.1 Å². The van der Waals surface area contributed by atoms with E-state index in [1.807, 2.05) is 25.3 Å². The van der Waals surface area contributed by atoms with Crippen LogP contribution in [0.4, 0.5) is 5.13 Å². The van der Waals surface area contributed by atoms with Crippen LogP contribution in [0.3, 0.4) is 0 Å². The largest absolute Gasteiger partial charge is 0.345 e. The van der Waals surface area contributed by atoms with Crippen molar-refractivity contribution in [3.63, 3.8) is 0 Å². The van der Waals surface area contributed by atoms with E-state index in [4.69, 9.17) is 5.73 Å². The number of pyridine rings is 1. The Morgan fingerprint density at radius 1 is 1.55 bits per heavy atom. The summed E-state index contributed by atoms with van der Waals surface area (Å²) in [5.41, 5.74) is 8.31. The van der Waals surface area contributed by atoms with E-state index < -0.39 is 0 Å². The van der Waals surface area contributed by atoms with Crippen molar-refractivity contribution in [2.75, 3.05) is 5.32 Å². The molecule has 0 saturated heterocycles. The molecule has 4 N–H and O–H groups in total. The molecule has 0 spiro atoms. The van der Waals surface area contributed by atoms with Gasteiger partial charge < -0.3 is 16.0 Å². The Labute approximate surface area is 131 Å². The molecular weight excluding hydrogens is 298 g/mol. The van der Waals surface area contributed by atoms with Crippen molar-refractivity contribution >= 4 is 33.4 Å². The summed E-state index contributed by atoms with van der Waals surface area (Å²) in [7, 11) is 0. The maximum absolute atomic E-state index is 11.8. The minimum absolute atomic E-state index is 0.115. The van der Waals surface area contributed by atoms with Crippen molar-refractivity contribution in [3.05, 3.63) is 29.4 Å². The lowest BCUT2D eigenvalue weighted by molar-refractivity contribution is -0.116. The predicted octanol–water partition coefficient (Wildman–Crippen LogP) is 2.67. The van der Waals surface area contributed by atoms with Crippen LogP contribution < -0.4 is 11.1 Å². The molecule has 1 amide bonds. The fourth-order valence-corrected chi connectivity index (χ4v) is 3.16. The van der Waals surface area contributed by atoms with E-state index in [0.29, 0.717) is 5.13 Å². The average molecular weight is 315 g/mol. The molecule has 6 nitrogen and oxygen atoms in total. The van der Waals surface area contributed by atoms with E-state index >= 15 is 0 Å². The minimum Gasteiger partial charge on any atom is -0.345 e. The summed E-state index contributed by atoms with van der Waals surface area (Å²) in [4.78, 5) is 24.8. The van der Waals surface area contributed by atoms with Crippen LogP contribution in [0.25, 0.3) is 22.3 Å². The molecule has 1 atom stereocenters. The summed E-state index contributed by atoms with van der Waals surface area (Å²) >= 11 is 1.46. The molecule has 0 bridgehead atoms. The molecule has 0 aliphatic heterocycles. The van der Waals surface area contributed by atoms with Crippen molar-refractivity contribution in [1.82, 2.24) is 15.0 Å². The van der Waals surface area contributed by atoms with E-state index in [0.717, 1.165) is 27.2 Å². The van der Waals surface area contributed by atoms with Gasteiger partial charge in [0.15, 0.2) is 5.13 Å². The number of amides is 1. The molecule has 114 valence electrons. The highest BCUT2D eigenvalue weighted by Gasteiger charge is 2.15. The van der Waals surface area contributed by atoms with Gasteiger partial charge in [-0.2, -0.15) is 0 Å². The number of aromatic nitrogens is 3. The first kappa shape index (κ1) is 14.7. The zero-order valence-electron chi connectivity index (χ0n) is 12.4. The summed E-state index contributed by atoms with van der Waals surface area (Å²) in [6, 6.07) is 3.73. The molecular formula is C15H17N5OS. The fraction of sp³-hybridized carbons (Fsp3) is 0.267. The van der Waals surface area contributed by atoms with Gasteiger partial charge >= 0.3 is 0 Å². The van der Waals surface area contributed by atoms with Gasteiger partial charge in [0.05, 0.1) is 5.69 Å². The number of hydrogen-bond donors (Lipinski definition) is 3. The van der Waals surface area contributed by atoms with E-state index in [1.165, 1.54) is 11.3 Å². The Balaban J connectivity index is 1.91. The van der Waals surface area contributed by atoms with Gasteiger partial charge in [-0.15, -0.1) is 11.3 Å². The third kappa shape index (κ3) is 2.86. The summed E-state index contributed by atoms with van der Waals surface area (Å²) in [5.74, 6) is -0.115. The van der Waals surface area contributed by atoms with Crippen LogP contribution in [0.5, 0.6) is 0 Å². The van der Waals surface area contributed by atoms with E-state index in [2.05, 4.69) is 20.3 Å². The fourth-order valence-electron chi connectivity index (χ4n) is 2.31. The monoisotopic (exact) mass is 315 g/mol. The molecule has 3 aromatic rings. The number of anilines is 1. The van der Waals surface area contributed by atoms with Gasteiger partial charge in [-0.25, -0.2) is 9.97 Å². The number of aromatic amines is 1. The Kier molecular flexibility index (Phi) is 3.91. The predicted molar refractivity (Wildman–Crippen MR) is 88.8 cm³/mol. The second kappa shape index (κ2) is 5.86. The molecule has 0 aliphatic carbocycles. The third-order valence-electron chi connectivity index (χ3n) is 3.26. The second-order valence-corrected chi connectivity index (χ2v) is 6.46. The van der Waals surface area contributed by atoms with E-state index in [9.17, 15) is 4.79 Å². The smallest absolute Gasteiger partial charge is 0.227 e. The highest BCUT2D eigenvalue weighted by molar-refractivity contribution is 7.16. The Hall–Kier alpha value is -2.25. The number of carbonyl (C=O) groups is 1. The van der Waals surface area contributed by atoms with Crippen LogP contribution in [0, 0.1) is 6.92 Å².